The molecule has 0 bridgehead atoms. The van der Waals surface area contributed by atoms with E-state index in [1.54, 1.807) is 30.5 Å². The summed E-state index contributed by atoms with van der Waals surface area (Å²) in [6.07, 6.45) is 10.8. The molecule has 0 fully saturated rings. The Kier molecular flexibility index (Phi) is 4.41. The Balaban J connectivity index is 2.03. The van der Waals surface area contributed by atoms with Crippen LogP contribution in [0.3, 0.4) is 0 Å². The molecule has 0 unspecified atom stereocenters. The molecule has 0 saturated heterocycles. The average Bonchev–Trinajstić information content (AvgIpc) is 2.96. The Morgan fingerprint density at radius 3 is 2.71 bits per heavy atom. The van der Waals surface area contributed by atoms with Crippen LogP contribution >= 0.6 is 0 Å². The minimum atomic E-state index is -0.635. The van der Waals surface area contributed by atoms with Gasteiger partial charge in [-0.15, -0.1) is 0 Å². The van der Waals surface area contributed by atoms with Crippen LogP contribution in [0.15, 0.2) is 83.9 Å². The van der Waals surface area contributed by atoms with Crippen molar-refractivity contribution in [2.75, 3.05) is 7.11 Å². The zero-order chi connectivity index (χ0) is 16.9. The number of ether oxygens (including phenoxy) is 1. The number of cyclic esters (lactones) is 1. The maximum atomic E-state index is 11.9. The van der Waals surface area contributed by atoms with Gasteiger partial charge in [0.05, 0.1) is 12.8 Å². The van der Waals surface area contributed by atoms with Crippen molar-refractivity contribution in [2.45, 2.75) is 0 Å². The average molecular weight is 318 g/mol. The van der Waals surface area contributed by atoms with E-state index in [0.717, 1.165) is 11.3 Å². The fourth-order valence-electron chi connectivity index (χ4n) is 2.44. The lowest BCUT2D eigenvalue weighted by atomic mass is 10.00. The first-order valence-electron chi connectivity index (χ1n) is 7.27. The van der Waals surface area contributed by atoms with Crippen LogP contribution in [0.1, 0.15) is 5.56 Å². The molecule has 2 aliphatic rings. The number of allylic oxidation sites excluding steroid dienone is 6. The van der Waals surface area contributed by atoms with Gasteiger partial charge in [0, 0.05) is 11.8 Å². The predicted molar refractivity (Wildman–Crippen MR) is 88.4 cm³/mol. The molecule has 0 spiro atoms. The number of nitrogens with zero attached hydrogens (tertiary/aromatic N) is 2. The molecule has 0 aromatic heterocycles. The molecule has 0 N–H and O–H groups in total. The van der Waals surface area contributed by atoms with E-state index in [1.165, 1.54) is 0 Å². The van der Waals surface area contributed by atoms with Crippen molar-refractivity contribution in [1.82, 2.24) is 5.06 Å². The maximum absolute atomic E-state index is 11.9. The van der Waals surface area contributed by atoms with Gasteiger partial charge in [-0.25, -0.2) is 9.86 Å². The number of nitriles is 1. The number of esters is 1. The van der Waals surface area contributed by atoms with Gasteiger partial charge in [0.15, 0.2) is 0 Å². The molecular weight excluding hydrogens is 304 g/mol. The minimum Gasteiger partial charge on any atom is -0.422 e. The van der Waals surface area contributed by atoms with Crippen LogP contribution in [-0.2, 0) is 14.4 Å². The quantitative estimate of drug-likeness (QED) is 0.801. The largest absolute Gasteiger partial charge is 0.422 e. The summed E-state index contributed by atoms with van der Waals surface area (Å²) in [7, 11) is 1.56. The summed E-state index contributed by atoms with van der Waals surface area (Å²) in [5.41, 5.74) is 2.03. The van der Waals surface area contributed by atoms with Gasteiger partial charge in [0.25, 0.3) is 0 Å². The van der Waals surface area contributed by atoms with Crippen molar-refractivity contribution in [1.29, 1.82) is 5.26 Å². The molecule has 2 heterocycles. The van der Waals surface area contributed by atoms with Crippen molar-refractivity contribution in [3.05, 3.63) is 89.5 Å². The van der Waals surface area contributed by atoms with E-state index in [4.69, 9.17) is 9.57 Å². The summed E-state index contributed by atoms with van der Waals surface area (Å²) in [5, 5.41) is 10.9. The zero-order valence-electron chi connectivity index (χ0n) is 13.0. The molecule has 2 aliphatic heterocycles. The maximum Gasteiger partial charge on any atom is 0.355 e. The van der Waals surface area contributed by atoms with Gasteiger partial charge in [0.2, 0.25) is 0 Å². The number of benzene rings is 1. The smallest absolute Gasteiger partial charge is 0.355 e. The second kappa shape index (κ2) is 6.82. The topological polar surface area (TPSA) is 62.6 Å². The monoisotopic (exact) mass is 318 g/mol. The summed E-state index contributed by atoms with van der Waals surface area (Å²) in [6.45, 7) is 0. The number of carbonyl (C=O) groups excluding carboxylic acids is 1. The van der Waals surface area contributed by atoms with Crippen LogP contribution in [0.5, 0.6) is 0 Å². The number of hydroxylamine groups is 2. The molecule has 5 heteroatoms. The molecular formula is C19H14N2O3. The van der Waals surface area contributed by atoms with Crippen molar-refractivity contribution >= 4 is 11.5 Å². The highest BCUT2D eigenvalue weighted by molar-refractivity contribution is 6.10. The van der Waals surface area contributed by atoms with Gasteiger partial charge in [-0.2, -0.15) is 5.26 Å². The first-order valence-corrected chi connectivity index (χ1v) is 7.27. The molecule has 5 nitrogen and oxygen atoms in total. The standard InChI is InChI=1S/C19H14N2O3/c1-23-21-12-6-5-9-15(21)10-11-17-18(14-7-3-2-4-8-14)16(13-20)19(22)24-17/h2-12H,1H3. The van der Waals surface area contributed by atoms with Crippen LogP contribution in [0.4, 0.5) is 0 Å². The van der Waals surface area contributed by atoms with E-state index in [9.17, 15) is 10.1 Å². The molecule has 0 atom stereocenters. The van der Waals surface area contributed by atoms with E-state index in [-0.39, 0.29) is 5.57 Å². The van der Waals surface area contributed by atoms with Crippen molar-refractivity contribution in [3.63, 3.8) is 0 Å². The summed E-state index contributed by atoms with van der Waals surface area (Å²) in [4.78, 5) is 17.2. The SMILES string of the molecule is CON1C=CC=CC1=CC=C1OC(=O)C(C#N)=C1c1ccccc1. The van der Waals surface area contributed by atoms with E-state index in [1.807, 2.05) is 54.6 Å². The molecule has 24 heavy (non-hydrogen) atoms. The third-order valence-corrected chi connectivity index (χ3v) is 3.53. The number of hydrogen-bond acceptors (Lipinski definition) is 5. The van der Waals surface area contributed by atoms with Gasteiger partial charge in [-0.1, -0.05) is 36.4 Å². The molecule has 0 aliphatic carbocycles. The molecule has 1 aromatic rings. The Labute approximate surface area is 139 Å². The Hall–Kier alpha value is -3.36. The van der Waals surface area contributed by atoms with Crippen LogP contribution in [0, 0.1) is 11.3 Å². The fourth-order valence-corrected chi connectivity index (χ4v) is 2.44. The first-order chi connectivity index (χ1) is 11.7. The van der Waals surface area contributed by atoms with Crippen LogP contribution in [0.2, 0.25) is 0 Å². The van der Waals surface area contributed by atoms with Crippen LogP contribution in [0.25, 0.3) is 5.57 Å². The molecule has 3 rings (SSSR count). The van der Waals surface area contributed by atoms with E-state index < -0.39 is 5.97 Å². The summed E-state index contributed by atoms with van der Waals surface area (Å²) in [6, 6.07) is 11.2. The second-order valence-electron chi connectivity index (χ2n) is 4.95. The highest BCUT2D eigenvalue weighted by atomic mass is 16.7. The number of carbonyl (C=O) groups is 1. The van der Waals surface area contributed by atoms with Crippen molar-refractivity contribution < 1.29 is 14.4 Å². The van der Waals surface area contributed by atoms with Gasteiger partial charge in [-0.3, -0.25) is 4.84 Å². The van der Waals surface area contributed by atoms with E-state index in [2.05, 4.69) is 0 Å². The van der Waals surface area contributed by atoms with Gasteiger partial charge < -0.3 is 4.74 Å². The van der Waals surface area contributed by atoms with Gasteiger partial charge >= 0.3 is 5.97 Å². The highest BCUT2D eigenvalue weighted by Gasteiger charge is 2.30. The van der Waals surface area contributed by atoms with Gasteiger partial charge in [-0.05, 0) is 29.9 Å². The van der Waals surface area contributed by atoms with E-state index >= 15 is 0 Å². The summed E-state index contributed by atoms with van der Waals surface area (Å²) in [5.74, 6) is -0.294. The summed E-state index contributed by atoms with van der Waals surface area (Å²) >= 11 is 0. The molecule has 1 aromatic carbocycles. The lowest BCUT2D eigenvalue weighted by Gasteiger charge is -2.19. The minimum absolute atomic E-state index is 0.00790. The predicted octanol–water partition coefficient (Wildman–Crippen LogP) is 3.24. The Morgan fingerprint density at radius 1 is 1.21 bits per heavy atom. The van der Waals surface area contributed by atoms with Crippen molar-refractivity contribution in [2.24, 2.45) is 0 Å². The fraction of sp³-hybridized carbons (Fsp3) is 0.0526. The van der Waals surface area contributed by atoms with Crippen molar-refractivity contribution in [3.8, 4) is 6.07 Å². The highest BCUT2D eigenvalue weighted by Crippen LogP contribution is 2.34. The molecule has 0 amide bonds. The third kappa shape index (κ3) is 2.91. The van der Waals surface area contributed by atoms with Crippen LogP contribution < -0.4 is 0 Å². The Morgan fingerprint density at radius 2 is 2.00 bits per heavy atom. The second-order valence-corrected chi connectivity index (χ2v) is 4.95. The molecule has 118 valence electrons. The first kappa shape index (κ1) is 15.5. The van der Waals surface area contributed by atoms with Crippen LogP contribution in [-0.4, -0.2) is 18.1 Å². The lowest BCUT2D eigenvalue weighted by molar-refractivity contribution is -0.132. The summed E-state index contributed by atoms with van der Waals surface area (Å²) < 4.78 is 5.27. The lowest BCUT2D eigenvalue weighted by Crippen LogP contribution is -2.15. The number of hydrogen-bond donors (Lipinski definition) is 0. The Bertz CT molecular complexity index is 852. The normalized spacial score (nSPS) is 20.0. The molecule has 0 saturated carbocycles. The number of rotatable bonds is 3. The third-order valence-electron chi connectivity index (χ3n) is 3.53. The zero-order valence-corrected chi connectivity index (χ0v) is 13.0. The molecule has 0 radical (unpaired) electrons. The van der Waals surface area contributed by atoms with E-state index in [0.29, 0.717) is 11.3 Å². The van der Waals surface area contributed by atoms with Gasteiger partial charge in [0.1, 0.15) is 17.4 Å².